The highest BCUT2D eigenvalue weighted by atomic mass is 16.7. The molecule has 0 saturated carbocycles. The molecular formula is C22H29N3O7. The van der Waals surface area contributed by atoms with Gasteiger partial charge in [0.15, 0.2) is 5.75 Å². The number of carbonyl (C=O) groups is 2. The number of phenolic OH excluding ortho intramolecular Hbond substituents is 1. The van der Waals surface area contributed by atoms with Crippen molar-refractivity contribution < 1.29 is 29.1 Å². The summed E-state index contributed by atoms with van der Waals surface area (Å²) in [5, 5.41) is 30.9. The van der Waals surface area contributed by atoms with Gasteiger partial charge in [0.25, 0.3) is 5.91 Å². The van der Waals surface area contributed by atoms with E-state index in [0.29, 0.717) is 32.4 Å². The van der Waals surface area contributed by atoms with E-state index in [1.165, 1.54) is 4.90 Å². The molecule has 1 aromatic rings. The summed E-state index contributed by atoms with van der Waals surface area (Å²) in [7, 11) is 0. The average molecular weight is 447 g/mol. The van der Waals surface area contributed by atoms with Crippen LogP contribution in [-0.2, 0) is 9.53 Å². The Morgan fingerprint density at radius 1 is 1.19 bits per heavy atom. The van der Waals surface area contributed by atoms with Gasteiger partial charge in [-0.3, -0.25) is 14.9 Å². The Labute approximate surface area is 187 Å². The summed E-state index contributed by atoms with van der Waals surface area (Å²) >= 11 is 0. The highest BCUT2D eigenvalue weighted by molar-refractivity contribution is 6.01. The van der Waals surface area contributed by atoms with Gasteiger partial charge in [-0.2, -0.15) is 5.26 Å². The predicted octanol–water partition coefficient (Wildman–Crippen LogP) is 4.56. The molecule has 0 saturated heterocycles. The first-order valence-electron chi connectivity index (χ1n) is 10.6. The Hall–Kier alpha value is -3.61. The van der Waals surface area contributed by atoms with E-state index in [9.17, 15) is 30.1 Å². The number of aromatic hydroxyl groups is 1. The van der Waals surface area contributed by atoms with Crippen LogP contribution in [0.3, 0.4) is 0 Å². The number of nitrogens with zero attached hydrogens (tertiary/aromatic N) is 3. The van der Waals surface area contributed by atoms with Gasteiger partial charge in [0.1, 0.15) is 11.6 Å². The minimum Gasteiger partial charge on any atom is -0.499 e. The third kappa shape index (κ3) is 7.91. The number of nitro benzene ring substituents is 1. The number of phenols is 1. The minimum absolute atomic E-state index is 0.0427. The second-order valence-corrected chi connectivity index (χ2v) is 7.01. The van der Waals surface area contributed by atoms with E-state index < -0.39 is 34.2 Å². The van der Waals surface area contributed by atoms with Gasteiger partial charge in [0.2, 0.25) is 5.75 Å². The van der Waals surface area contributed by atoms with Crippen molar-refractivity contribution in [2.45, 2.75) is 52.9 Å². The van der Waals surface area contributed by atoms with Crippen LogP contribution in [0.1, 0.15) is 58.4 Å². The Morgan fingerprint density at radius 2 is 1.84 bits per heavy atom. The topological polar surface area (TPSA) is 143 Å². The first-order valence-corrected chi connectivity index (χ1v) is 10.6. The number of amides is 1. The largest absolute Gasteiger partial charge is 0.513 e. The monoisotopic (exact) mass is 447 g/mol. The van der Waals surface area contributed by atoms with Gasteiger partial charge in [-0.25, -0.2) is 4.79 Å². The maximum atomic E-state index is 12.7. The summed E-state index contributed by atoms with van der Waals surface area (Å²) in [5.41, 5.74) is -0.933. The van der Waals surface area contributed by atoms with Crippen molar-refractivity contribution in [3.8, 4) is 17.6 Å². The number of unbranched alkanes of at least 4 members (excludes halogenated alkanes) is 2. The van der Waals surface area contributed by atoms with E-state index in [4.69, 9.17) is 9.47 Å². The quantitative estimate of drug-likeness (QED) is 0.0934. The molecule has 1 N–H and O–H groups in total. The molecule has 1 amide bonds. The molecule has 0 aliphatic heterocycles. The van der Waals surface area contributed by atoms with Crippen molar-refractivity contribution >= 4 is 23.8 Å². The molecular weight excluding hydrogens is 418 g/mol. The molecule has 0 atom stereocenters. The van der Waals surface area contributed by atoms with Gasteiger partial charge in [-0.1, -0.05) is 33.6 Å². The molecule has 32 heavy (non-hydrogen) atoms. The Morgan fingerprint density at radius 3 is 2.38 bits per heavy atom. The van der Waals surface area contributed by atoms with E-state index in [1.807, 2.05) is 26.8 Å². The van der Waals surface area contributed by atoms with Crippen LogP contribution in [0.2, 0.25) is 0 Å². The van der Waals surface area contributed by atoms with E-state index in [1.54, 1.807) is 0 Å². The zero-order valence-corrected chi connectivity index (χ0v) is 18.6. The zero-order chi connectivity index (χ0) is 24.1. The average Bonchev–Trinajstić information content (AvgIpc) is 2.76. The van der Waals surface area contributed by atoms with Crippen LogP contribution in [0.4, 0.5) is 10.5 Å². The highest BCUT2D eigenvalue weighted by Gasteiger charge is 2.23. The predicted molar refractivity (Wildman–Crippen MR) is 117 cm³/mol. The van der Waals surface area contributed by atoms with Gasteiger partial charge in [0.05, 0.1) is 11.5 Å². The Balaban J connectivity index is 3.26. The van der Waals surface area contributed by atoms with Crippen LogP contribution in [0.25, 0.3) is 6.08 Å². The van der Waals surface area contributed by atoms with Crippen LogP contribution < -0.4 is 4.74 Å². The maximum Gasteiger partial charge on any atom is 0.513 e. The molecule has 174 valence electrons. The Kier molecular flexibility index (Phi) is 11.3. The number of hydrogen-bond donors (Lipinski definition) is 1. The second-order valence-electron chi connectivity index (χ2n) is 7.01. The molecule has 0 bridgehead atoms. The van der Waals surface area contributed by atoms with Crippen molar-refractivity contribution in [2.75, 3.05) is 19.7 Å². The molecule has 0 aliphatic rings. The smallest absolute Gasteiger partial charge is 0.499 e. The molecule has 0 spiro atoms. The van der Waals surface area contributed by atoms with Gasteiger partial charge >= 0.3 is 11.8 Å². The lowest BCUT2D eigenvalue weighted by Gasteiger charge is -2.20. The lowest BCUT2D eigenvalue weighted by atomic mass is 10.1. The molecule has 0 fully saturated rings. The van der Waals surface area contributed by atoms with Gasteiger partial charge in [0, 0.05) is 19.2 Å². The number of nitro groups is 1. The standard InChI is InChI=1S/C22H29N3O7/c1-4-7-8-11-31-22(28)32-19-14-16(13-18(20(19)26)25(29)30)12-17(15-23)21(27)24(9-5-2)10-6-3/h12-14,26H,4-11H2,1-3H3. The van der Waals surface area contributed by atoms with Crippen molar-refractivity contribution in [1.29, 1.82) is 5.26 Å². The van der Waals surface area contributed by atoms with Crippen LogP contribution >= 0.6 is 0 Å². The fourth-order valence-corrected chi connectivity index (χ4v) is 2.87. The molecule has 0 aliphatic carbocycles. The summed E-state index contributed by atoms with van der Waals surface area (Å²) in [6.07, 6.45) is 3.84. The molecule has 0 unspecified atom stereocenters. The van der Waals surface area contributed by atoms with Gasteiger partial charge in [-0.05, 0) is 37.0 Å². The summed E-state index contributed by atoms with van der Waals surface area (Å²) in [6, 6.07) is 3.93. The molecule has 0 radical (unpaired) electrons. The van der Waals surface area contributed by atoms with Crippen molar-refractivity contribution in [1.82, 2.24) is 4.90 Å². The zero-order valence-electron chi connectivity index (χ0n) is 18.6. The van der Waals surface area contributed by atoms with Gasteiger partial charge < -0.3 is 19.5 Å². The first kappa shape index (κ1) is 26.4. The first-order chi connectivity index (χ1) is 15.3. The van der Waals surface area contributed by atoms with Crippen molar-refractivity contribution in [3.63, 3.8) is 0 Å². The summed E-state index contributed by atoms with van der Waals surface area (Å²) < 4.78 is 9.83. The molecule has 0 heterocycles. The van der Waals surface area contributed by atoms with Gasteiger partial charge in [-0.15, -0.1) is 0 Å². The number of rotatable bonds is 12. The fraction of sp³-hybridized carbons (Fsp3) is 0.500. The normalized spacial score (nSPS) is 10.9. The van der Waals surface area contributed by atoms with Crippen LogP contribution in [-0.4, -0.2) is 46.7 Å². The number of nitriles is 1. The van der Waals surface area contributed by atoms with E-state index >= 15 is 0 Å². The highest BCUT2D eigenvalue weighted by Crippen LogP contribution is 2.38. The van der Waals surface area contributed by atoms with Crippen molar-refractivity contribution in [3.05, 3.63) is 33.4 Å². The summed E-state index contributed by atoms with van der Waals surface area (Å²) in [4.78, 5) is 36.6. The van der Waals surface area contributed by atoms with Crippen LogP contribution in [0, 0.1) is 21.4 Å². The lowest BCUT2D eigenvalue weighted by molar-refractivity contribution is -0.385. The summed E-state index contributed by atoms with van der Waals surface area (Å²) in [6.45, 7) is 6.81. The number of ether oxygens (including phenoxy) is 2. The maximum absolute atomic E-state index is 12.7. The third-order valence-corrected chi connectivity index (χ3v) is 4.37. The van der Waals surface area contributed by atoms with Crippen LogP contribution in [0.5, 0.6) is 11.5 Å². The number of benzene rings is 1. The number of carbonyl (C=O) groups excluding carboxylic acids is 2. The molecule has 10 nitrogen and oxygen atoms in total. The molecule has 0 aromatic heterocycles. The second kappa shape index (κ2) is 13.6. The van der Waals surface area contributed by atoms with Crippen LogP contribution in [0.15, 0.2) is 17.7 Å². The van der Waals surface area contributed by atoms with Crippen molar-refractivity contribution in [2.24, 2.45) is 0 Å². The molecule has 1 aromatic carbocycles. The molecule has 1 rings (SSSR count). The SMILES string of the molecule is CCCCCOC(=O)Oc1cc(C=C(C#N)C(=O)N(CCC)CCC)cc([N+](=O)[O-])c1O. The minimum atomic E-state index is -1.12. The Bertz CT molecular complexity index is 884. The fourth-order valence-electron chi connectivity index (χ4n) is 2.87. The van der Waals surface area contributed by atoms with E-state index in [2.05, 4.69) is 0 Å². The molecule has 10 heteroatoms. The van der Waals surface area contributed by atoms with E-state index in [-0.39, 0.29) is 17.7 Å². The third-order valence-electron chi connectivity index (χ3n) is 4.37. The summed E-state index contributed by atoms with van der Waals surface area (Å²) in [5.74, 6) is -1.87. The lowest BCUT2D eigenvalue weighted by Crippen LogP contribution is -2.33. The van der Waals surface area contributed by atoms with E-state index in [0.717, 1.165) is 31.1 Å². The number of hydrogen-bond acceptors (Lipinski definition) is 8.